The van der Waals surface area contributed by atoms with Gasteiger partial charge in [0, 0.05) is 40.8 Å². The summed E-state index contributed by atoms with van der Waals surface area (Å²) in [5.74, 6) is 0.105. The molecule has 0 spiro atoms. The number of benzene rings is 4. The SMILES string of the molecule is Nc1cccc2cc(NCCCN3C(=O)c4cccc5cccc3c45)ccc12. The molecule has 0 fully saturated rings. The largest absolute Gasteiger partial charge is 0.398 e. The van der Waals surface area contributed by atoms with E-state index in [9.17, 15) is 4.79 Å². The van der Waals surface area contributed by atoms with E-state index in [0.717, 1.165) is 57.1 Å². The predicted octanol–water partition coefficient (Wildman–Crippen LogP) is 5.04. The Kier molecular flexibility index (Phi) is 3.90. The summed E-state index contributed by atoms with van der Waals surface area (Å²) in [6.45, 7) is 1.49. The van der Waals surface area contributed by atoms with Gasteiger partial charge in [-0.15, -0.1) is 0 Å². The van der Waals surface area contributed by atoms with E-state index >= 15 is 0 Å². The molecular formula is C24H21N3O. The van der Waals surface area contributed by atoms with Gasteiger partial charge in [-0.25, -0.2) is 0 Å². The minimum Gasteiger partial charge on any atom is -0.398 e. The number of amides is 1. The summed E-state index contributed by atoms with van der Waals surface area (Å²) in [7, 11) is 0. The van der Waals surface area contributed by atoms with Crippen LogP contribution in [0.2, 0.25) is 0 Å². The van der Waals surface area contributed by atoms with Gasteiger partial charge in [0.05, 0.1) is 5.69 Å². The summed E-state index contributed by atoms with van der Waals surface area (Å²) in [5, 5.41) is 7.86. The van der Waals surface area contributed by atoms with Crippen LogP contribution in [0.25, 0.3) is 21.5 Å². The third kappa shape index (κ3) is 2.65. The van der Waals surface area contributed by atoms with Gasteiger partial charge in [0.15, 0.2) is 0 Å². The second-order valence-electron chi connectivity index (χ2n) is 7.20. The van der Waals surface area contributed by atoms with E-state index in [4.69, 9.17) is 5.73 Å². The van der Waals surface area contributed by atoms with Crippen molar-refractivity contribution in [3.63, 3.8) is 0 Å². The zero-order valence-corrected chi connectivity index (χ0v) is 15.5. The van der Waals surface area contributed by atoms with Crippen molar-refractivity contribution in [3.8, 4) is 0 Å². The van der Waals surface area contributed by atoms with Crippen LogP contribution in [-0.4, -0.2) is 19.0 Å². The first-order valence-corrected chi connectivity index (χ1v) is 9.58. The van der Waals surface area contributed by atoms with Gasteiger partial charge < -0.3 is 16.0 Å². The molecule has 3 N–H and O–H groups in total. The summed E-state index contributed by atoms with van der Waals surface area (Å²) in [4.78, 5) is 14.7. The van der Waals surface area contributed by atoms with Crippen molar-refractivity contribution in [2.75, 3.05) is 29.0 Å². The first kappa shape index (κ1) is 16.6. The second kappa shape index (κ2) is 6.57. The number of rotatable bonds is 5. The Morgan fingerprint density at radius 2 is 1.68 bits per heavy atom. The number of nitrogens with one attached hydrogen (secondary N) is 1. The van der Waals surface area contributed by atoms with E-state index in [1.807, 2.05) is 47.4 Å². The van der Waals surface area contributed by atoms with Crippen molar-refractivity contribution >= 4 is 44.5 Å². The lowest BCUT2D eigenvalue weighted by molar-refractivity contribution is 0.0993. The minimum atomic E-state index is 0.105. The van der Waals surface area contributed by atoms with Crippen LogP contribution in [0, 0.1) is 0 Å². The molecule has 0 radical (unpaired) electrons. The molecule has 5 rings (SSSR count). The molecule has 0 saturated heterocycles. The van der Waals surface area contributed by atoms with E-state index in [2.05, 4.69) is 35.6 Å². The molecule has 1 aliphatic rings. The fourth-order valence-electron chi connectivity index (χ4n) is 4.09. The first-order chi connectivity index (χ1) is 13.7. The van der Waals surface area contributed by atoms with Gasteiger partial charge in [-0.1, -0.05) is 42.5 Å². The van der Waals surface area contributed by atoms with E-state index in [-0.39, 0.29) is 5.91 Å². The average Bonchev–Trinajstić information content (AvgIpc) is 2.99. The normalized spacial score (nSPS) is 12.9. The molecule has 4 nitrogen and oxygen atoms in total. The Morgan fingerprint density at radius 3 is 2.57 bits per heavy atom. The quantitative estimate of drug-likeness (QED) is 0.384. The van der Waals surface area contributed by atoms with Crippen molar-refractivity contribution in [1.29, 1.82) is 0 Å². The molecule has 138 valence electrons. The van der Waals surface area contributed by atoms with Crippen molar-refractivity contribution in [1.82, 2.24) is 0 Å². The Labute approximate surface area is 163 Å². The van der Waals surface area contributed by atoms with Crippen molar-refractivity contribution < 1.29 is 4.79 Å². The highest BCUT2D eigenvalue weighted by molar-refractivity contribution is 6.25. The lowest BCUT2D eigenvalue weighted by Gasteiger charge is -2.18. The Morgan fingerprint density at radius 1 is 0.893 bits per heavy atom. The van der Waals surface area contributed by atoms with Gasteiger partial charge in [-0.3, -0.25) is 4.79 Å². The highest BCUT2D eigenvalue weighted by Crippen LogP contribution is 2.37. The average molecular weight is 367 g/mol. The number of nitrogen functional groups attached to an aromatic ring is 1. The molecule has 1 aliphatic heterocycles. The minimum absolute atomic E-state index is 0.105. The van der Waals surface area contributed by atoms with Crippen molar-refractivity contribution in [3.05, 3.63) is 78.4 Å². The Bertz CT molecular complexity index is 1210. The van der Waals surface area contributed by atoms with Crippen LogP contribution >= 0.6 is 0 Å². The number of fused-ring (bicyclic) bond motifs is 1. The third-order valence-electron chi connectivity index (χ3n) is 5.45. The lowest BCUT2D eigenvalue weighted by atomic mass is 10.1. The van der Waals surface area contributed by atoms with E-state index < -0.39 is 0 Å². The maximum atomic E-state index is 12.8. The van der Waals surface area contributed by atoms with Gasteiger partial charge in [0.2, 0.25) is 0 Å². The van der Waals surface area contributed by atoms with E-state index in [1.165, 1.54) is 0 Å². The molecule has 0 aliphatic carbocycles. The molecule has 0 bridgehead atoms. The number of anilines is 3. The highest BCUT2D eigenvalue weighted by Gasteiger charge is 2.28. The zero-order valence-electron chi connectivity index (χ0n) is 15.5. The summed E-state index contributed by atoms with van der Waals surface area (Å²) in [5.41, 5.74) is 9.72. The molecule has 4 aromatic rings. The van der Waals surface area contributed by atoms with Crippen LogP contribution in [-0.2, 0) is 0 Å². The number of carbonyl (C=O) groups is 1. The summed E-state index contributed by atoms with van der Waals surface area (Å²) >= 11 is 0. The van der Waals surface area contributed by atoms with Gasteiger partial charge in [-0.2, -0.15) is 0 Å². The molecule has 4 heteroatoms. The van der Waals surface area contributed by atoms with Crippen LogP contribution in [0.1, 0.15) is 16.8 Å². The smallest absolute Gasteiger partial charge is 0.258 e. The Balaban J connectivity index is 1.27. The molecule has 0 atom stereocenters. The number of nitrogens with zero attached hydrogens (tertiary/aromatic N) is 1. The van der Waals surface area contributed by atoms with E-state index in [0.29, 0.717) is 6.54 Å². The predicted molar refractivity (Wildman–Crippen MR) is 117 cm³/mol. The van der Waals surface area contributed by atoms with Crippen LogP contribution in [0.4, 0.5) is 17.1 Å². The van der Waals surface area contributed by atoms with Crippen LogP contribution in [0.3, 0.4) is 0 Å². The highest BCUT2D eigenvalue weighted by atomic mass is 16.2. The number of carbonyl (C=O) groups excluding carboxylic acids is 1. The fourth-order valence-corrected chi connectivity index (χ4v) is 4.09. The first-order valence-electron chi connectivity index (χ1n) is 9.58. The zero-order chi connectivity index (χ0) is 19.1. The Hall–Kier alpha value is -3.53. The van der Waals surface area contributed by atoms with Crippen molar-refractivity contribution in [2.24, 2.45) is 0 Å². The molecular weight excluding hydrogens is 346 g/mol. The monoisotopic (exact) mass is 367 g/mol. The van der Waals surface area contributed by atoms with Crippen molar-refractivity contribution in [2.45, 2.75) is 6.42 Å². The fraction of sp³-hybridized carbons (Fsp3) is 0.125. The molecule has 28 heavy (non-hydrogen) atoms. The van der Waals surface area contributed by atoms with Gasteiger partial charge in [0.25, 0.3) is 5.91 Å². The maximum Gasteiger partial charge on any atom is 0.258 e. The number of hydrogen-bond acceptors (Lipinski definition) is 3. The summed E-state index contributed by atoms with van der Waals surface area (Å²) in [6.07, 6.45) is 0.866. The maximum absolute atomic E-state index is 12.8. The molecule has 0 unspecified atom stereocenters. The molecule has 0 saturated carbocycles. The summed E-state index contributed by atoms with van der Waals surface area (Å²) in [6, 6.07) is 24.2. The second-order valence-corrected chi connectivity index (χ2v) is 7.20. The van der Waals surface area contributed by atoms with E-state index in [1.54, 1.807) is 0 Å². The van der Waals surface area contributed by atoms with Crippen LogP contribution in [0.5, 0.6) is 0 Å². The van der Waals surface area contributed by atoms with Gasteiger partial charge in [-0.05, 0) is 47.5 Å². The standard InChI is InChI=1S/C24H21N3O/c25-21-9-2-7-17-15-18(11-12-19(17)21)26-13-4-14-27-22-10-3-6-16-5-1-8-20(23(16)22)24(27)28/h1-3,5-12,15,26H,4,13-14,25H2. The number of hydrogen-bond donors (Lipinski definition) is 2. The van der Waals surface area contributed by atoms with Gasteiger partial charge >= 0.3 is 0 Å². The number of nitrogens with two attached hydrogens (primary N) is 1. The molecule has 1 heterocycles. The van der Waals surface area contributed by atoms with Crippen LogP contribution < -0.4 is 16.0 Å². The van der Waals surface area contributed by atoms with Crippen LogP contribution in [0.15, 0.2) is 72.8 Å². The lowest BCUT2D eigenvalue weighted by Crippen LogP contribution is -2.29. The molecule has 1 amide bonds. The molecule has 4 aromatic carbocycles. The van der Waals surface area contributed by atoms with Gasteiger partial charge in [0.1, 0.15) is 0 Å². The summed E-state index contributed by atoms with van der Waals surface area (Å²) < 4.78 is 0. The molecule has 0 aromatic heterocycles. The topological polar surface area (TPSA) is 58.4 Å². The third-order valence-corrected chi connectivity index (χ3v) is 5.45.